The molecular weight excluding hydrogens is 376 g/mol. The molecule has 0 heterocycles. The number of carbonyl (C=O) groups is 2. The third-order valence-electron chi connectivity index (χ3n) is 6.60. The van der Waals surface area contributed by atoms with E-state index in [-0.39, 0.29) is 29.9 Å². The number of hydrogen-bond acceptors (Lipinski definition) is 4. The average Bonchev–Trinajstić information content (AvgIpc) is 3.25. The van der Waals surface area contributed by atoms with Crippen molar-refractivity contribution in [1.82, 2.24) is 0 Å². The molecule has 30 heavy (non-hydrogen) atoms. The smallest absolute Gasteiger partial charge is 0.311 e. The highest BCUT2D eigenvalue weighted by atomic mass is 16.5. The standard InChI is InChI=1S/C26H36O4/c1-19(2)11-7-4-5-10-16-29-24(27)22-21-14-15-26(3,17-21)23(22)25(28)30-18-20-12-8-6-9-13-20/h6,8-9,12-15,19,21-23H,4-5,7,10-11,16-18H2,1-3H3. The Labute approximate surface area is 181 Å². The summed E-state index contributed by atoms with van der Waals surface area (Å²) in [4.78, 5) is 25.8. The van der Waals surface area contributed by atoms with Gasteiger partial charge in [-0.2, -0.15) is 0 Å². The van der Waals surface area contributed by atoms with Crippen molar-refractivity contribution in [2.24, 2.45) is 29.1 Å². The summed E-state index contributed by atoms with van der Waals surface area (Å²) in [5, 5.41) is 0. The summed E-state index contributed by atoms with van der Waals surface area (Å²) in [6.07, 6.45) is 10.6. The molecule has 164 valence electrons. The van der Waals surface area contributed by atoms with Crippen molar-refractivity contribution in [3.05, 3.63) is 48.0 Å². The number of allylic oxidation sites excluding steroid dienone is 2. The van der Waals surface area contributed by atoms with Gasteiger partial charge < -0.3 is 9.47 Å². The number of benzene rings is 1. The molecule has 1 saturated carbocycles. The fraction of sp³-hybridized carbons (Fsp3) is 0.615. The summed E-state index contributed by atoms with van der Waals surface area (Å²) >= 11 is 0. The maximum atomic E-state index is 13.0. The van der Waals surface area contributed by atoms with Gasteiger partial charge in [-0.05, 0) is 30.2 Å². The second kappa shape index (κ2) is 10.3. The first-order valence-electron chi connectivity index (χ1n) is 11.5. The molecule has 2 aliphatic carbocycles. The fourth-order valence-corrected chi connectivity index (χ4v) is 4.94. The summed E-state index contributed by atoms with van der Waals surface area (Å²) in [5.74, 6) is -0.601. The van der Waals surface area contributed by atoms with Crippen LogP contribution in [0.2, 0.25) is 0 Å². The summed E-state index contributed by atoms with van der Waals surface area (Å²) in [7, 11) is 0. The molecule has 4 unspecified atom stereocenters. The van der Waals surface area contributed by atoms with E-state index in [9.17, 15) is 9.59 Å². The molecule has 0 saturated heterocycles. The Kier molecular flexibility index (Phi) is 7.74. The van der Waals surface area contributed by atoms with Crippen LogP contribution >= 0.6 is 0 Å². The molecule has 4 atom stereocenters. The number of fused-ring (bicyclic) bond motifs is 2. The lowest BCUT2D eigenvalue weighted by Crippen LogP contribution is -2.39. The van der Waals surface area contributed by atoms with Crippen LogP contribution in [0.15, 0.2) is 42.5 Å². The molecule has 1 aromatic carbocycles. The number of rotatable bonds is 11. The van der Waals surface area contributed by atoms with Crippen LogP contribution in [0.4, 0.5) is 0 Å². The lowest BCUT2D eigenvalue weighted by Gasteiger charge is -2.30. The van der Waals surface area contributed by atoms with Crippen molar-refractivity contribution in [3.63, 3.8) is 0 Å². The van der Waals surface area contributed by atoms with E-state index in [0.717, 1.165) is 30.7 Å². The van der Waals surface area contributed by atoms with Gasteiger partial charge in [-0.25, -0.2) is 0 Å². The van der Waals surface area contributed by atoms with Crippen molar-refractivity contribution in [2.75, 3.05) is 6.61 Å². The van der Waals surface area contributed by atoms with E-state index in [0.29, 0.717) is 6.61 Å². The number of unbranched alkanes of at least 4 members (excludes halogenated alkanes) is 3. The van der Waals surface area contributed by atoms with Crippen LogP contribution in [0.1, 0.15) is 64.9 Å². The molecule has 4 nitrogen and oxygen atoms in total. The Morgan fingerprint density at radius 3 is 2.50 bits per heavy atom. The SMILES string of the molecule is CC(C)CCCCCCOC(=O)C1C2C=CC(C)(C2)C1C(=O)OCc1ccccc1. The highest BCUT2D eigenvalue weighted by Crippen LogP contribution is 2.57. The number of esters is 2. The van der Waals surface area contributed by atoms with Crippen LogP contribution in [0.3, 0.4) is 0 Å². The topological polar surface area (TPSA) is 52.6 Å². The van der Waals surface area contributed by atoms with Gasteiger partial charge in [-0.1, -0.05) is 88.9 Å². The van der Waals surface area contributed by atoms with Crippen molar-refractivity contribution in [2.45, 2.75) is 65.9 Å². The Morgan fingerprint density at radius 1 is 1.03 bits per heavy atom. The van der Waals surface area contributed by atoms with Crippen LogP contribution in [-0.2, 0) is 25.7 Å². The molecular formula is C26H36O4. The van der Waals surface area contributed by atoms with E-state index in [1.807, 2.05) is 30.3 Å². The number of ether oxygens (including phenoxy) is 2. The van der Waals surface area contributed by atoms with Crippen LogP contribution in [0.25, 0.3) is 0 Å². The normalized spacial score (nSPS) is 26.9. The fourth-order valence-electron chi connectivity index (χ4n) is 4.94. The Balaban J connectivity index is 1.50. The van der Waals surface area contributed by atoms with Gasteiger partial charge in [0, 0.05) is 5.41 Å². The van der Waals surface area contributed by atoms with Crippen molar-refractivity contribution in [3.8, 4) is 0 Å². The minimum Gasteiger partial charge on any atom is -0.465 e. The van der Waals surface area contributed by atoms with Gasteiger partial charge in [0.25, 0.3) is 0 Å². The first kappa shape index (κ1) is 22.6. The van der Waals surface area contributed by atoms with Crippen molar-refractivity contribution < 1.29 is 19.1 Å². The van der Waals surface area contributed by atoms with Gasteiger partial charge in [0.1, 0.15) is 6.61 Å². The zero-order chi connectivity index (χ0) is 21.6. The largest absolute Gasteiger partial charge is 0.465 e. The lowest BCUT2D eigenvalue weighted by atomic mass is 9.75. The maximum Gasteiger partial charge on any atom is 0.311 e. The summed E-state index contributed by atoms with van der Waals surface area (Å²) < 4.78 is 11.2. The Hall–Kier alpha value is -2.10. The summed E-state index contributed by atoms with van der Waals surface area (Å²) in [5.41, 5.74) is 0.630. The molecule has 0 aliphatic heterocycles. The predicted molar refractivity (Wildman–Crippen MR) is 117 cm³/mol. The highest BCUT2D eigenvalue weighted by Gasteiger charge is 2.59. The van der Waals surface area contributed by atoms with E-state index in [1.165, 1.54) is 19.3 Å². The molecule has 1 aromatic rings. The van der Waals surface area contributed by atoms with E-state index in [4.69, 9.17) is 9.47 Å². The number of hydrogen-bond donors (Lipinski definition) is 0. The van der Waals surface area contributed by atoms with E-state index >= 15 is 0 Å². The zero-order valence-corrected chi connectivity index (χ0v) is 18.6. The molecule has 1 fully saturated rings. The molecule has 2 aliphatic rings. The Bertz CT molecular complexity index is 739. The third-order valence-corrected chi connectivity index (χ3v) is 6.60. The minimum atomic E-state index is -0.463. The van der Waals surface area contributed by atoms with Crippen LogP contribution in [0, 0.1) is 29.1 Å². The van der Waals surface area contributed by atoms with Gasteiger partial charge in [0.15, 0.2) is 0 Å². The van der Waals surface area contributed by atoms with Crippen molar-refractivity contribution >= 4 is 11.9 Å². The third kappa shape index (κ3) is 5.53. The van der Waals surface area contributed by atoms with Crippen molar-refractivity contribution in [1.29, 1.82) is 0 Å². The van der Waals surface area contributed by atoms with Gasteiger partial charge in [-0.3, -0.25) is 9.59 Å². The maximum absolute atomic E-state index is 13.0. The average molecular weight is 413 g/mol. The molecule has 2 bridgehead atoms. The monoisotopic (exact) mass is 412 g/mol. The molecule has 3 rings (SSSR count). The van der Waals surface area contributed by atoms with Crippen LogP contribution < -0.4 is 0 Å². The predicted octanol–water partition coefficient (Wildman–Crippen LogP) is 5.71. The zero-order valence-electron chi connectivity index (χ0n) is 18.6. The van der Waals surface area contributed by atoms with Gasteiger partial charge in [0.2, 0.25) is 0 Å². The Morgan fingerprint density at radius 2 is 1.77 bits per heavy atom. The summed E-state index contributed by atoms with van der Waals surface area (Å²) in [6.45, 7) is 7.22. The van der Waals surface area contributed by atoms with E-state index < -0.39 is 11.8 Å². The summed E-state index contributed by atoms with van der Waals surface area (Å²) in [6, 6.07) is 9.65. The molecule has 0 aromatic heterocycles. The second-order valence-electron chi connectivity index (χ2n) is 9.59. The molecule has 0 N–H and O–H groups in total. The first-order chi connectivity index (χ1) is 14.4. The van der Waals surface area contributed by atoms with Crippen LogP contribution in [0.5, 0.6) is 0 Å². The molecule has 0 spiro atoms. The number of carbonyl (C=O) groups excluding carboxylic acids is 2. The molecule has 0 radical (unpaired) electrons. The minimum absolute atomic E-state index is 0.0721. The first-order valence-corrected chi connectivity index (χ1v) is 11.5. The highest BCUT2D eigenvalue weighted by molar-refractivity contribution is 5.85. The van der Waals surface area contributed by atoms with E-state index in [1.54, 1.807) is 0 Å². The quantitative estimate of drug-likeness (QED) is 0.265. The van der Waals surface area contributed by atoms with Gasteiger partial charge in [-0.15, -0.1) is 0 Å². The molecule has 0 amide bonds. The van der Waals surface area contributed by atoms with Gasteiger partial charge in [0.05, 0.1) is 18.4 Å². The van der Waals surface area contributed by atoms with Gasteiger partial charge >= 0.3 is 11.9 Å². The lowest BCUT2D eigenvalue weighted by molar-refractivity contribution is -0.164. The van der Waals surface area contributed by atoms with E-state index in [2.05, 4.69) is 32.9 Å². The second-order valence-corrected chi connectivity index (χ2v) is 9.59. The van der Waals surface area contributed by atoms with Crippen LogP contribution in [-0.4, -0.2) is 18.5 Å². The molecule has 4 heteroatoms.